The van der Waals surface area contributed by atoms with Crippen molar-refractivity contribution in [3.05, 3.63) is 66.6 Å². The number of rotatable bonds is 2. The van der Waals surface area contributed by atoms with Gasteiger partial charge in [0.05, 0.1) is 5.69 Å². The Bertz CT molecular complexity index is 1120. The summed E-state index contributed by atoms with van der Waals surface area (Å²) in [5.74, 6) is -1.12. The summed E-state index contributed by atoms with van der Waals surface area (Å²) in [5.41, 5.74) is -0.480. The smallest absolute Gasteiger partial charge is 0.421 e. The van der Waals surface area contributed by atoms with Gasteiger partial charge < -0.3 is 5.21 Å². The fourth-order valence-corrected chi connectivity index (χ4v) is 2.87. The predicted molar refractivity (Wildman–Crippen MR) is 90.7 cm³/mol. The molecule has 3 heterocycles. The number of hydrogen-bond acceptors (Lipinski definition) is 4. The molecule has 0 amide bonds. The first-order chi connectivity index (χ1) is 11.7. The first-order valence-electron chi connectivity index (χ1n) is 7.46. The topological polar surface area (TPSA) is 94.7 Å². The zero-order chi connectivity index (χ0) is 18.5. The van der Waals surface area contributed by atoms with Crippen LogP contribution in [0.3, 0.4) is 0 Å². The molecule has 3 rings (SSSR count). The van der Waals surface area contributed by atoms with E-state index in [1.54, 1.807) is 19.2 Å². The minimum absolute atomic E-state index is 0.0411. The molecule has 0 unspecified atom stereocenters. The summed E-state index contributed by atoms with van der Waals surface area (Å²) in [6.07, 6.45) is 1.59. The van der Waals surface area contributed by atoms with Gasteiger partial charge >= 0.3 is 11.3 Å². The van der Waals surface area contributed by atoms with Crippen molar-refractivity contribution in [1.82, 2.24) is 14.5 Å². The molecule has 25 heavy (non-hydrogen) atoms. The lowest BCUT2D eigenvalue weighted by Gasteiger charge is -2.15. The fraction of sp³-hybridized carbons (Fsp3) is 0.250. The second kappa shape index (κ2) is 5.96. The number of nitrogens with one attached hydrogen (secondary N) is 1. The van der Waals surface area contributed by atoms with Gasteiger partial charge in [-0.3, -0.25) is 14.8 Å². The van der Waals surface area contributed by atoms with Crippen molar-refractivity contribution < 1.29 is 9.12 Å². The van der Waals surface area contributed by atoms with E-state index in [0.29, 0.717) is 16.9 Å². The van der Waals surface area contributed by atoms with Gasteiger partial charge in [-0.05, 0) is 36.1 Å². The number of nitrogens with zero attached hydrogens (tertiary/aromatic N) is 3. The maximum absolute atomic E-state index is 13.8. The third-order valence-electron chi connectivity index (χ3n) is 3.88. The average Bonchev–Trinajstić information content (AvgIpc) is 2.54. The molecule has 0 bridgehead atoms. The Morgan fingerprint density at radius 2 is 2.08 bits per heavy atom. The summed E-state index contributed by atoms with van der Waals surface area (Å²) in [5, 5.41) is 11.4. The minimum Gasteiger partial charge on any atom is -0.709 e. The molecule has 0 aromatic carbocycles. The third-order valence-corrected chi connectivity index (χ3v) is 4.22. The number of hydrogen-bond donors (Lipinski definition) is 1. The van der Waals surface area contributed by atoms with Crippen LogP contribution in [0.15, 0.2) is 27.9 Å². The number of aromatic amines is 1. The van der Waals surface area contributed by atoms with Crippen molar-refractivity contribution in [3.8, 4) is 5.69 Å². The van der Waals surface area contributed by atoms with Gasteiger partial charge in [-0.15, -0.1) is 4.57 Å². The fourth-order valence-electron chi connectivity index (χ4n) is 2.74. The van der Waals surface area contributed by atoms with Crippen LogP contribution in [-0.2, 0) is 0 Å². The third kappa shape index (κ3) is 2.58. The largest absolute Gasteiger partial charge is 0.709 e. The standard InChI is InChI=1S/C16H14ClFN4O3/c1-7(2)11-12(8(3)4-5-19-11)21-15-9(14(23)20-16(21)24)6-10(18)13(17)22(15)25/h4-7H,1-3H3,(H,20,23,24). The van der Waals surface area contributed by atoms with Crippen molar-refractivity contribution in [3.63, 3.8) is 0 Å². The number of fused-ring (bicyclic) bond motifs is 1. The van der Waals surface area contributed by atoms with Crippen molar-refractivity contribution in [2.75, 3.05) is 0 Å². The Morgan fingerprint density at radius 3 is 2.72 bits per heavy atom. The molecule has 0 aliphatic carbocycles. The summed E-state index contributed by atoms with van der Waals surface area (Å²) in [7, 11) is 0. The zero-order valence-electron chi connectivity index (χ0n) is 13.6. The first kappa shape index (κ1) is 17.1. The molecule has 0 spiro atoms. The van der Waals surface area contributed by atoms with Crippen LogP contribution in [0.2, 0.25) is 5.15 Å². The van der Waals surface area contributed by atoms with Gasteiger partial charge in [0.1, 0.15) is 5.39 Å². The molecule has 9 heteroatoms. The molecule has 1 N–H and O–H groups in total. The summed E-state index contributed by atoms with van der Waals surface area (Å²) < 4.78 is 14.9. The van der Waals surface area contributed by atoms with Gasteiger partial charge in [0.25, 0.3) is 5.56 Å². The number of H-pyrrole nitrogens is 1. The maximum Gasteiger partial charge on any atom is 0.421 e. The molecular weight excluding hydrogens is 351 g/mol. The maximum atomic E-state index is 13.8. The van der Waals surface area contributed by atoms with Gasteiger partial charge in [-0.25, -0.2) is 13.9 Å². The normalized spacial score (nSPS) is 11.4. The van der Waals surface area contributed by atoms with Crippen molar-refractivity contribution in [2.45, 2.75) is 26.7 Å². The average molecular weight is 365 g/mol. The van der Waals surface area contributed by atoms with Crippen molar-refractivity contribution in [1.29, 1.82) is 0 Å². The Labute approximate surface area is 145 Å². The van der Waals surface area contributed by atoms with E-state index in [1.165, 1.54) is 0 Å². The van der Waals surface area contributed by atoms with Gasteiger partial charge in [0.2, 0.25) is 5.15 Å². The molecule has 0 aliphatic rings. The second-order valence-electron chi connectivity index (χ2n) is 5.93. The van der Waals surface area contributed by atoms with Crippen molar-refractivity contribution in [2.24, 2.45) is 0 Å². The van der Waals surface area contributed by atoms with E-state index in [9.17, 15) is 19.2 Å². The zero-order valence-corrected chi connectivity index (χ0v) is 14.4. The summed E-state index contributed by atoms with van der Waals surface area (Å²) >= 11 is 5.70. The number of pyridine rings is 2. The van der Waals surface area contributed by atoms with E-state index in [1.807, 2.05) is 13.8 Å². The highest BCUT2D eigenvalue weighted by atomic mass is 35.5. The number of aromatic nitrogens is 4. The minimum atomic E-state index is -1.05. The summed E-state index contributed by atoms with van der Waals surface area (Å²) in [6.45, 7) is 5.50. The molecule has 0 radical (unpaired) electrons. The highest BCUT2D eigenvalue weighted by molar-refractivity contribution is 6.28. The van der Waals surface area contributed by atoms with Gasteiger partial charge in [0, 0.05) is 12.3 Å². The van der Waals surface area contributed by atoms with Crippen LogP contribution in [0.4, 0.5) is 4.39 Å². The number of halogens is 2. The van der Waals surface area contributed by atoms with Gasteiger partial charge in [-0.2, -0.15) is 0 Å². The Kier molecular flexibility index (Phi) is 4.08. The van der Waals surface area contributed by atoms with Crippen molar-refractivity contribution >= 4 is 22.6 Å². The SMILES string of the molecule is Cc1ccnc(C(C)C)c1-n1c(=O)[nH]c(=O)c2cc(F)c(Cl)[n+]([O-])c21. The van der Waals surface area contributed by atoms with Crippen LogP contribution in [0, 0.1) is 17.9 Å². The van der Waals surface area contributed by atoms with Crippen LogP contribution in [0.1, 0.15) is 31.0 Å². The van der Waals surface area contributed by atoms with Crippen LogP contribution in [0.25, 0.3) is 16.7 Å². The Morgan fingerprint density at radius 1 is 1.40 bits per heavy atom. The molecule has 7 nitrogen and oxygen atoms in total. The molecule has 0 atom stereocenters. The Hall–Kier alpha value is -2.74. The highest BCUT2D eigenvalue weighted by Crippen LogP contribution is 2.25. The van der Waals surface area contributed by atoms with Crippen LogP contribution >= 0.6 is 11.6 Å². The lowest BCUT2D eigenvalue weighted by molar-refractivity contribution is -0.579. The van der Waals surface area contributed by atoms with E-state index in [4.69, 9.17) is 11.6 Å². The van der Waals surface area contributed by atoms with Gasteiger partial charge in [-0.1, -0.05) is 13.8 Å². The molecule has 130 valence electrons. The summed E-state index contributed by atoms with van der Waals surface area (Å²) in [6, 6.07) is 2.51. The Balaban J connectivity index is 2.63. The van der Waals surface area contributed by atoms with E-state index in [0.717, 1.165) is 10.6 Å². The molecule has 3 aromatic heterocycles. The van der Waals surface area contributed by atoms with Crippen LogP contribution in [-0.4, -0.2) is 14.5 Å². The lowest BCUT2D eigenvalue weighted by Crippen LogP contribution is -2.41. The van der Waals surface area contributed by atoms with Gasteiger partial charge in [0.15, 0.2) is 11.5 Å². The molecule has 3 aromatic rings. The molecule has 0 saturated heterocycles. The second-order valence-corrected chi connectivity index (χ2v) is 6.28. The highest BCUT2D eigenvalue weighted by Gasteiger charge is 2.27. The predicted octanol–water partition coefficient (Wildman–Crippen LogP) is 1.93. The molecule has 0 saturated carbocycles. The first-order valence-corrected chi connectivity index (χ1v) is 7.84. The quantitative estimate of drug-likeness (QED) is 0.427. The van der Waals surface area contributed by atoms with Crippen LogP contribution < -0.4 is 16.0 Å². The van der Waals surface area contributed by atoms with Crippen LogP contribution in [0.5, 0.6) is 0 Å². The van der Waals surface area contributed by atoms with E-state index < -0.39 is 22.2 Å². The van der Waals surface area contributed by atoms with E-state index in [-0.39, 0.29) is 21.7 Å². The molecule has 0 aliphatic heterocycles. The number of aryl methyl sites for hydroxylation is 1. The van der Waals surface area contributed by atoms with E-state index >= 15 is 0 Å². The van der Waals surface area contributed by atoms with E-state index in [2.05, 4.69) is 9.97 Å². The monoisotopic (exact) mass is 364 g/mol. The summed E-state index contributed by atoms with van der Waals surface area (Å²) in [4.78, 5) is 31.0. The molecular formula is C16H14ClFN4O3. The molecule has 0 fully saturated rings. The lowest BCUT2D eigenvalue weighted by atomic mass is 10.0.